The van der Waals surface area contributed by atoms with Gasteiger partial charge >= 0.3 is 0 Å². The van der Waals surface area contributed by atoms with E-state index in [1.54, 1.807) is 35.0 Å². The minimum absolute atomic E-state index is 0.263. The predicted octanol–water partition coefficient (Wildman–Crippen LogP) is 6.16. The highest BCUT2D eigenvalue weighted by molar-refractivity contribution is 6.36. The number of hydrogen-bond acceptors (Lipinski definition) is 2. The molecule has 0 aliphatic heterocycles. The molecule has 0 atom stereocenters. The Hall–Kier alpha value is -2.27. The zero-order valence-corrected chi connectivity index (χ0v) is 17.6. The molecule has 1 amide bonds. The molecule has 1 N–H and O–H groups in total. The molecular weight excluding hydrogens is 417 g/mol. The van der Waals surface area contributed by atoms with Gasteiger partial charge in [0.25, 0.3) is 0 Å². The lowest BCUT2D eigenvalue weighted by molar-refractivity contribution is -0.111. The van der Waals surface area contributed by atoms with Crippen molar-refractivity contribution in [2.75, 3.05) is 5.32 Å². The lowest BCUT2D eigenvalue weighted by atomic mass is 10.2. The van der Waals surface area contributed by atoms with E-state index in [1.165, 1.54) is 6.08 Å². The van der Waals surface area contributed by atoms with Crippen LogP contribution in [0, 0.1) is 13.8 Å². The van der Waals surface area contributed by atoms with Gasteiger partial charge in [0.15, 0.2) is 0 Å². The van der Waals surface area contributed by atoms with Crippen molar-refractivity contribution in [2.45, 2.75) is 20.4 Å². The maximum atomic E-state index is 12.4. The van der Waals surface area contributed by atoms with Crippen molar-refractivity contribution in [3.05, 3.63) is 86.1 Å². The largest absolute Gasteiger partial charge is 0.319 e. The number of rotatable bonds is 5. The Morgan fingerprint density at radius 1 is 1.04 bits per heavy atom. The average molecular weight is 435 g/mol. The Balaban J connectivity index is 1.78. The molecule has 1 heterocycles. The van der Waals surface area contributed by atoms with Crippen molar-refractivity contribution in [3.63, 3.8) is 0 Å². The van der Waals surface area contributed by atoms with Crippen LogP contribution >= 0.6 is 34.8 Å². The van der Waals surface area contributed by atoms with Gasteiger partial charge in [0, 0.05) is 26.7 Å². The fourth-order valence-corrected chi connectivity index (χ4v) is 3.52. The molecule has 0 bridgehead atoms. The van der Waals surface area contributed by atoms with Gasteiger partial charge in [-0.2, -0.15) is 5.10 Å². The van der Waals surface area contributed by atoms with Crippen molar-refractivity contribution < 1.29 is 4.79 Å². The van der Waals surface area contributed by atoms with Crippen LogP contribution in [0.3, 0.4) is 0 Å². The Labute approximate surface area is 178 Å². The SMILES string of the molecule is Cc1nn(Cc2c(Cl)cccc2Cl)c(C)c1NC(=O)/C=C/c1ccccc1Cl. The molecule has 0 spiro atoms. The van der Waals surface area contributed by atoms with Gasteiger partial charge < -0.3 is 5.32 Å². The molecule has 28 heavy (non-hydrogen) atoms. The number of nitrogens with one attached hydrogen (secondary N) is 1. The minimum atomic E-state index is -0.263. The van der Waals surface area contributed by atoms with Gasteiger partial charge in [0.1, 0.15) is 0 Å². The number of benzene rings is 2. The van der Waals surface area contributed by atoms with Crippen LogP contribution < -0.4 is 5.32 Å². The van der Waals surface area contributed by atoms with Gasteiger partial charge in [0.05, 0.1) is 23.6 Å². The quantitative estimate of drug-likeness (QED) is 0.489. The number of halogens is 3. The normalized spacial score (nSPS) is 11.2. The summed E-state index contributed by atoms with van der Waals surface area (Å²) in [6.07, 6.45) is 3.12. The van der Waals surface area contributed by atoms with Gasteiger partial charge in [-0.25, -0.2) is 0 Å². The van der Waals surface area contributed by atoms with Crippen LogP contribution in [0.15, 0.2) is 48.5 Å². The molecule has 7 heteroatoms. The predicted molar refractivity (Wildman–Crippen MR) is 116 cm³/mol. The smallest absolute Gasteiger partial charge is 0.248 e. The summed E-state index contributed by atoms with van der Waals surface area (Å²) in [5, 5.41) is 9.14. The first-order chi connectivity index (χ1) is 13.4. The molecule has 0 aliphatic rings. The van der Waals surface area contributed by atoms with Gasteiger partial charge in [-0.15, -0.1) is 0 Å². The summed E-state index contributed by atoms with van der Waals surface area (Å²) in [6.45, 7) is 4.14. The standard InChI is InChI=1S/C21H18Cl3N3O/c1-13-21(25-20(28)11-10-15-6-3-4-7-17(15)22)14(2)27(26-13)12-16-18(23)8-5-9-19(16)24/h3-11H,12H2,1-2H3,(H,25,28)/b11-10+. The summed E-state index contributed by atoms with van der Waals surface area (Å²) in [5.41, 5.74) is 3.75. The summed E-state index contributed by atoms with van der Waals surface area (Å²) < 4.78 is 1.77. The van der Waals surface area contributed by atoms with E-state index in [0.29, 0.717) is 33.0 Å². The first-order valence-corrected chi connectivity index (χ1v) is 9.70. The van der Waals surface area contributed by atoms with Gasteiger partial charge in [-0.05, 0) is 43.7 Å². The number of aromatic nitrogens is 2. The Bertz CT molecular complexity index is 1040. The lowest BCUT2D eigenvalue weighted by Crippen LogP contribution is -2.10. The second kappa shape index (κ2) is 8.82. The van der Waals surface area contributed by atoms with E-state index >= 15 is 0 Å². The van der Waals surface area contributed by atoms with Crippen LogP contribution in [0.2, 0.25) is 15.1 Å². The van der Waals surface area contributed by atoms with E-state index in [4.69, 9.17) is 34.8 Å². The number of carbonyl (C=O) groups excluding carboxylic acids is 1. The Morgan fingerprint density at radius 3 is 2.36 bits per heavy atom. The Kier molecular flexibility index (Phi) is 6.45. The monoisotopic (exact) mass is 433 g/mol. The zero-order valence-electron chi connectivity index (χ0n) is 15.3. The minimum Gasteiger partial charge on any atom is -0.319 e. The molecule has 3 rings (SSSR count). The molecule has 3 aromatic rings. The number of nitrogens with zero attached hydrogens (tertiary/aromatic N) is 2. The van der Waals surface area contributed by atoms with Crippen molar-refractivity contribution in [1.82, 2.24) is 9.78 Å². The van der Waals surface area contributed by atoms with Gasteiger partial charge in [-0.3, -0.25) is 9.48 Å². The van der Waals surface area contributed by atoms with E-state index in [1.807, 2.05) is 32.0 Å². The fraction of sp³-hybridized carbons (Fsp3) is 0.143. The molecular formula is C21H18Cl3N3O. The number of anilines is 1. The number of amides is 1. The van der Waals surface area contributed by atoms with Crippen LogP contribution in [-0.2, 0) is 11.3 Å². The molecule has 0 aliphatic carbocycles. The van der Waals surface area contributed by atoms with Crippen LogP contribution in [0.5, 0.6) is 0 Å². The second-order valence-corrected chi connectivity index (χ2v) is 7.47. The van der Waals surface area contributed by atoms with Crippen molar-refractivity contribution in [1.29, 1.82) is 0 Å². The first-order valence-electron chi connectivity index (χ1n) is 8.57. The van der Waals surface area contributed by atoms with E-state index in [-0.39, 0.29) is 5.91 Å². The third-order valence-electron chi connectivity index (χ3n) is 4.32. The van der Waals surface area contributed by atoms with Crippen LogP contribution in [-0.4, -0.2) is 15.7 Å². The van der Waals surface area contributed by atoms with E-state index < -0.39 is 0 Å². The third-order valence-corrected chi connectivity index (χ3v) is 5.37. The van der Waals surface area contributed by atoms with Crippen LogP contribution in [0.1, 0.15) is 22.5 Å². The molecule has 0 fully saturated rings. The summed E-state index contributed by atoms with van der Waals surface area (Å²) in [6, 6.07) is 12.7. The number of aryl methyl sites for hydroxylation is 1. The lowest BCUT2D eigenvalue weighted by Gasteiger charge is -2.09. The molecule has 0 saturated carbocycles. The summed E-state index contributed by atoms with van der Waals surface area (Å²) >= 11 is 18.6. The number of carbonyl (C=O) groups is 1. The van der Waals surface area contributed by atoms with Gasteiger partial charge in [0.2, 0.25) is 5.91 Å². The first kappa shape index (κ1) is 20.5. The number of hydrogen-bond donors (Lipinski definition) is 1. The highest BCUT2D eigenvalue weighted by atomic mass is 35.5. The van der Waals surface area contributed by atoms with Crippen molar-refractivity contribution in [2.24, 2.45) is 0 Å². The maximum absolute atomic E-state index is 12.4. The van der Waals surface area contributed by atoms with E-state index in [9.17, 15) is 4.79 Å². The molecule has 1 aromatic heterocycles. The van der Waals surface area contributed by atoms with Crippen molar-refractivity contribution >= 4 is 52.5 Å². The summed E-state index contributed by atoms with van der Waals surface area (Å²) in [7, 11) is 0. The highest BCUT2D eigenvalue weighted by Gasteiger charge is 2.15. The van der Waals surface area contributed by atoms with Crippen LogP contribution in [0.4, 0.5) is 5.69 Å². The van der Waals surface area contributed by atoms with E-state index in [2.05, 4.69) is 10.4 Å². The highest BCUT2D eigenvalue weighted by Crippen LogP contribution is 2.27. The summed E-state index contributed by atoms with van der Waals surface area (Å²) in [5.74, 6) is -0.263. The third kappa shape index (κ3) is 4.58. The van der Waals surface area contributed by atoms with E-state index in [0.717, 1.165) is 16.8 Å². The second-order valence-electron chi connectivity index (χ2n) is 6.25. The zero-order chi connectivity index (χ0) is 20.3. The maximum Gasteiger partial charge on any atom is 0.248 e. The molecule has 4 nitrogen and oxygen atoms in total. The van der Waals surface area contributed by atoms with Crippen molar-refractivity contribution in [3.8, 4) is 0 Å². The summed E-state index contributed by atoms with van der Waals surface area (Å²) in [4.78, 5) is 12.4. The molecule has 2 aromatic carbocycles. The molecule has 0 radical (unpaired) electrons. The average Bonchev–Trinajstić information content (AvgIpc) is 2.91. The van der Waals surface area contributed by atoms with Crippen LogP contribution in [0.25, 0.3) is 6.08 Å². The topological polar surface area (TPSA) is 46.9 Å². The molecule has 144 valence electrons. The Morgan fingerprint density at radius 2 is 1.68 bits per heavy atom. The molecule has 0 unspecified atom stereocenters. The molecule has 0 saturated heterocycles. The van der Waals surface area contributed by atoms with Gasteiger partial charge in [-0.1, -0.05) is 59.1 Å². The fourth-order valence-electron chi connectivity index (χ4n) is 2.81.